The Bertz CT molecular complexity index is 499. The van der Waals surface area contributed by atoms with Crippen LogP contribution in [0.2, 0.25) is 5.02 Å². The number of rotatable bonds is 1. The molecule has 0 aliphatic carbocycles. The monoisotopic (exact) mass is 204 g/mol. The molecule has 0 atom stereocenters. The van der Waals surface area contributed by atoms with E-state index in [1.807, 2.05) is 18.2 Å². The van der Waals surface area contributed by atoms with Gasteiger partial charge in [-0.25, -0.2) is 4.98 Å². The van der Waals surface area contributed by atoms with Gasteiger partial charge in [0.1, 0.15) is 6.07 Å². The van der Waals surface area contributed by atoms with Gasteiger partial charge in [-0.05, 0) is 12.1 Å². The van der Waals surface area contributed by atoms with E-state index in [9.17, 15) is 0 Å². The molecule has 1 aromatic carbocycles. The van der Waals surface area contributed by atoms with Gasteiger partial charge in [-0.15, -0.1) is 0 Å². The third-order valence-electron chi connectivity index (χ3n) is 1.79. The second-order valence-electron chi connectivity index (χ2n) is 2.62. The minimum absolute atomic E-state index is 0.248. The van der Waals surface area contributed by atoms with E-state index >= 15 is 0 Å². The van der Waals surface area contributed by atoms with Gasteiger partial charge in [-0.3, -0.25) is 0 Å². The number of nitrogens with zero attached hydrogens (tertiary/aromatic N) is 2. The van der Waals surface area contributed by atoms with Gasteiger partial charge in [0.25, 0.3) is 0 Å². The fourth-order valence-corrected chi connectivity index (χ4v) is 1.38. The van der Waals surface area contributed by atoms with Crippen molar-refractivity contribution in [3.05, 3.63) is 41.4 Å². The van der Waals surface area contributed by atoms with E-state index in [4.69, 9.17) is 21.3 Å². The molecule has 14 heavy (non-hydrogen) atoms. The highest BCUT2D eigenvalue weighted by molar-refractivity contribution is 6.33. The summed E-state index contributed by atoms with van der Waals surface area (Å²) >= 11 is 5.95. The first-order valence-corrected chi connectivity index (χ1v) is 4.29. The van der Waals surface area contributed by atoms with Crippen LogP contribution in [-0.2, 0) is 0 Å². The molecule has 3 nitrogen and oxygen atoms in total. The van der Waals surface area contributed by atoms with E-state index in [-0.39, 0.29) is 5.69 Å². The van der Waals surface area contributed by atoms with Crippen LogP contribution >= 0.6 is 11.6 Å². The lowest BCUT2D eigenvalue weighted by molar-refractivity contribution is 0.572. The Hall–Kier alpha value is -1.79. The zero-order chi connectivity index (χ0) is 9.97. The van der Waals surface area contributed by atoms with Crippen molar-refractivity contribution in [2.24, 2.45) is 0 Å². The van der Waals surface area contributed by atoms with Gasteiger partial charge in [0, 0.05) is 5.56 Å². The van der Waals surface area contributed by atoms with Crippen LogP contribution in [0.1, 0.15) is 5.69 Å². The maximum Gasteiger partial charge on any atom is 0.187 e. The number of hydrogen-bond donors (Lipinski definition) is 0. The predicted molar refractivity (Wildman–Crippen MR) is 51.7 cm³/mol. The number of oxazole rings is 1. The maximum atomic E-state index is 8.74. The highest BCUT2D eigenvalue weighted by Crippen LogP contribution is 2.29. The summed E-state index contributed by atoms with van der Waals surface area (Å²) in [6.45, 7) is 0. The first-order chi connectivity index (χ1) is 6.83. The Kier molecular flexibility index (Phi) is 2.21. The molecule has 2 aromatic rings. The van der Waals surface area contributed by atoms with E-state index in [1.165, 1.54) is 6.39 Å². The van der Waals surface area contributed by atoms with E-state index < -0.39 is 0 Å². The maximum absolute atomic E-state index is 8.74. The highest BCUT2D eigenvalue weighted by Gasteiger charge is 2.12. The summed E-state index contributed by atoms with van der Waals surface area (Å²) < 4.78 is 5.10. The number of hydrogen-bond acceptors (Lipinski definition) is 3. The van der Waals surface area contributed by atoms with Crippen LogP contribution in [0.25, 0.3) is 11.3 Å². The average molecular weight is 205 g/mol. The number of aromatic nitrogens is 1. The van der Waals surface area contributed by atoms with Crippen LogP contribution in [-0.4, -0.2) is 4.98 Å². The zero-order valence-electron chi connectivity index (χ0n) is 7.07. The molecule has 0 bridgehead atoms. The van der Waals surface area contributed by atoms with E-state index in [1.54, 1.807) is 12.1 Å². The molecule has 4 heteroatoms. The largest absolute Gasteiger partial charge is 0.442 e. The lowest BCUT2D eigenvalue weighted by Crippen LogP contribution is -1.81. The first kappa shape index (κ1) is 8.79. The molecule has 0 aliphatic heterocycles. The smallest absolute Gasteiger partial charge is 0.187 e. The van der Waals surface area contributed by atoms with Gasteiger partial charge in [0.05, 0.1) is 5.02 Å². The molecule has 0 saturated heterocycles. The fourth-order valence-electron chi connectivity index (χ4n) is 1.16. The molecule has 0 unspecified atom stereocenters. The van der Waals surface area contributed by atoms with Crippen LogP contribution in [0.15, 0.2) is 35.1 Å². The van der Waals surface area contributed by atoms with Crippen molar-refractivity contribution in [2.75, 3.05) is 0 Å². The number of halogens is 1. The average Bonchev–Trinajstić information content (AvgIpc) is 2.66. The molecule has 0 spiro atoms. The second-order valence-corrected chi connectivity index (χ2v) is 3.03. The van der Waals surface area contributed by atoms with E-state index in [0.29, 0.717) is 16.3 Å². The van der Waals surface area contributed by atoms with Crippen molar-refractivity contribution in [2.45, 2.75) is 0 Å². The molecule has 0 aliphatic rings. The minimum atomic E-state index is 0.248. The third-order valence-corrected chi connectivity index (χ3v) is 2.12. The van der Waals surface area contributed by atoms with Crippen molar-refractivity contribution >= 4 is 11.6 Å². The molecule has 0 saturated carbocycles. The van der Waals surface area contributed by atoms with Crippen LogP contribution in [0.5, 0.6) is 0 Å². The summed E-state index contributed by atoms with van der Waals surface area (Å²) in [5.41, 5.74) is 0.932. The van der Waals surface area contributed by atoms with Gasteiger partial charge >= 0.3 is 0 Å². The van der Waals surface area contributed by atoms with Gasteiger partial charge in [-0.2, -0.15) is 5.26 Å². The Balaban J connectivity index is 2.62. The fraction of sp³-hybridized carbons (Fsp3) is 0. The lowest BCUT2D eigenvalue weighted by Gasteiger charge is -1.98. The zero-order valence-corrected chi connectivity index (χ0v) is 7.82. The number of benzene rings is 1. The van der Waals surface area contributed by atoms with Gasteiger partial charge in [-0.1, -0.05) is 23.7 Å². The van der Waals surface area contributed by atoms with Gasteiger partial charge in [0.2, 0.25) is 0 Å². The SMILES string of the molecule is N#Cc1ncoc1-c1ccccc1Cl. The minimum Gasteiger partial charge on any atom is -0.442 e. The first-order valence-electron chi connectivity index (χ1n) is 3.91. The summed E-state index contributed by atoms with van der Waals surface area (Å²) in [4.78, 5) is 3.77. The molecular formula is C10H5ClN2O. The van der Waals surface area contributed by atoms with Gasteiger partial charge in [0.15, 0.2) is 17.8 Å². The van der Waals surface area contributed by atoms with Gasteiger partial charge < -0.3 is 4.42 Å². The van der Waals surface area contributed by atoms with Crippen LogP contribution in [0.4, 0.5) is 0 Å². The normalized spacial score (nSPS) is 9.71. The molecule has 0 fully saturated rings. The Morgan fingerprint density at radius 2 is 2.14 bits per heavy atom. The lowest BCUT2D eigenvalue weighted by atomic mass is 10.1. The van der Waals surface area contributed by atoms with Crippen molar-refractivity contribution < 1.29 is 4.42 Å². The molecule has 1 heterocycles. The quantitative estimate of drug-likeness (QED) is 0.718. The summed E-state index contributed by atoms with van der Waals surface area (Å²) in [5.74, 6) is 0.415. The Morgan fingerprint density at radius 1 is 1.36 bits per heavy atom. The second kappa shape index (κ2) is 3.52. The summed E-state index contributed by atoms with van der Waals surface area (Å²) in [5, 5.41) is 9.29. The highest BCUT2D eigenvalue weighted by atomic mass is 35.5. The standard InChI is InChI=1S/C10H5ClN2O/c11-8-4-2-1-3-7(8)10-9(5-12)13-6-14-10/h1-4,6H. The molecule has 1 aromatic heterocycles. The summed E-state index contributed by atoms with van der Waals surface area (Å²) in [7, 11) is 0. The molecule has 2 rings (SSSR count). The molecule has 0 N–H and O–H groups in total. The van der Waals surface area contributed by atoms with Crippen molar-refractivity contribution in [1.29, 1.82) is 5.26 Å². The molecule has 0 amide bonds. The third kappa shape index (κ3) is 1.36. The van der Waals surface area contributed by atoms with Crippen LogP contribution in [0, 0.1) is 11.3 Å². The molecular weight excluding hydrogens is 200 g/mol. The van der Waals surface area contributed by atoms with E-state index in [2.05, 4.69) is 4.98 Å². The molecule has 68 valence electrons. The summed E-state index contributed by atoms with van der Waals surface area (Å²) in [6.07, 6.45) is 1.23. The van der Waals surface area contributed by atoms with Crippen molar-refractivity contribution in [1.82, 2.24) is 4.98 Å². The van der Waals surface area contributed by atoms with E-state index in [0.717, 1.165) is 0 Å². The Labute approximate surface area is 85.6 Å². The van der Waals surface area contributed by atoms with Crippen LogP contribution < -0.4 is 0 Å². The molecule has 0 radical (unpaired) electrons. The summed E-state index contributed by atoms with van der Waals surface area (Å²) in [6, 6.07) is 9.09. The van der Waals surface area contributed by atoms with Crippen LogP contribution in [0.3, 0.4) is 0 Å². The topological polar surface area (TPSA) is 49.8 Å². The van der Waals surface area contributed by atoms with Crippen molar-refractivity contribution in [3.8, 4) is 17.4 Å². The number of nitriles is 1. The van der Waals surface area contributed by atoms with Crippen molar-refractivity contribution in [3.63, 3.8) is 0 Å². The predicted octanol–water partition coefficient (Wildman–Crippen LogP) is 2.87. The Morgan fingerprint density at radius 3 is 2.86 bits per heavy atom.